The van der Waals surface area contributed by atoms with Crippen molar-refractivity contribution in [2.24, 2.45) is 0 Å². The molecule has 1 saturated heterocycles. The number of hydrogen-bond acceptors (Lipinski definition) is 3. The van der Waals surface area contributed by atoms with Gasteiger partial charge in [-0.15, -0.1) is 11.3 Å². The van der Waals surface area contributed by atoms with E-state index in [1.165, 1.54) is 0 Å². The molecule has 1 aliphatic heterocycles. The fraction of sp³-hybridized carbons (Fsp3) is 0.600. The zero-order chi connectivity index (χ0) is 14.6. The molecule has 110 valence electrons. The van der Waals surface area contributed by atoms with E-state index >= 15 is 0 Å². The number of carbonyl (C=O) groups excluding carboxylic acids is 2. The molecule has 0 radical (unpaired) electrons. The molecule has 1 fully saturated rings. The lowest BCUT2D eigenvalue weighted by Gasteiger charge is -2.27. The normalized spacial score (nSPS) is 23.4. The van der Waals surface area contributed by atoms with Crippen molar-refractivity contribution >= 4 is 23.2 Å². The summed E-state index contributed by atoms with van der Waals surface area (Å²) in [7, 11) is 0. The van der Waals surface area contributed by atoms with Gasteiger partial charge in [0.15, 0.2) is 0 Å². The summed E-state index contributed by atoms with van der Waals surface area (Å²) in [5, 5.41) is 8.07. The molecule has 0 aromatic carbocycles. The summed E-state index contributed by atoms with van der Waals surface area (Å²) in [6, 6.07) is 4.07. The molecule has 2 rings (SSSR count). The van der Waals surface area contributed by atoms with E-state index in [1.807, 2.05) is 24.4 Å². The Balaban J connectivity index is 1.81. The second kappa shape index (κ2) is 6.39. The molecule has 1 aromatic heterocycles. The fourth-order valence-electron chi connectivity index (χ4n) is 2.68. The van der Waals surface area contributed by atoms with Crippen molar-refractivity contribution in [2.75, 3.05) is 0 Å². The van der Waals surface area contributed by atoms with Crippen molar-refractivity contribution in [3.8, 4) is 0 Å². The number of hydrogen-bond donors (Lipinski definition) is 2. The fourth-order valence-corrected chi connectivity index (χ4v) is 3.41. The van der Waals surface area contributed by atoms with E-state index < -0.39 is 0 Å². The molecule has 0 saturated carbocycles. The molecule has 2 amide bonds. The first kappa shape index (κ1) is 15.0. The van der Waals surface area contributed by atoms with Gasteiger partial charge in [0.25, 0.3) is 0 Å². The summed E-state index contributed by atoms with van der Waals surface area (Å²) in [5.74, 6) is 0.166. The monoisotopic (exact) mass is 294 g/mol. The number of nitrogens with one attached hydrogen (secondary N) is 2. The van der Waals surface area contributed by atoms with Gasteiger partial charge in [-0.25, -0.2) is 0 Å². The number of amides is 2. The first-order chi connectivity index (χ1) is 9.54. The van der Waals surface area contributed by atoms with Crippen LogP contribution in [0.4, 0.5) is 0 Å². The van der Waals surface area contributed by atoms with E-state index in [-0.39, 0.29) is 23.4 Å². The van der Waals surface area contributed by atoms with Crippen LogP contribution in [-0.4, -0.2) is 17.4 Å². The van der Waals surface area contributed by atoms with Gasteiger partial charge in [-0.3, -0.25) is 9.59 Å². The molecule has 0 unspecified atom stereocenters. The van der Waals surface area contributed by atoms with Gasteiger partial charge in [-0.2, -0.15) is 0 Å². The predicted octanol–water partition coefficient (Wildman–Crippen LogP) is 2.76. The quantitative estimate of drug-likeness (QED) is 0.847. The molecular weight excluding hydrogens is 272 g/mol. The summed E-state index contributed by atoms with van der Waals surface area (Å²) in [6.45, 7) is 4.06. The standard InChI is InChI=1S/C15H22N2O2S/c1-3-15(9-7-14(19)17-15)8-6-13(18)16-11(2)12-5-4-10-20-12/h4-5,10-11H,3,6-9H2,1-2H3,(H,16,18)(H,17,19)/t11-,15+/m1/s1. The Labute approximate surface area is 124 Å². The minimum absolute atomic E-state index is 0.0539. The summed E-state index contributed by atoms with van der Waals surface area (Å²) in [6.07, 6.45) is 3.49. The van der Waals surface area contributed by atoms with E-state index in [0.29, 0.717) is 12.8 Å². The van der Waals surface area contributed by atoms with Crippen molar-refractivity contribution in [2.45, 2.75) is 57.5 Å². The highest BCUT2D eigenvalue weighted by atomic mass is 32.1. The first-order valence-electron chi connectivity index (χ1n) is 7.18. The molecule has 1 aliphatic rings. The molecule has 0 bridgehead atoms. The molecular formula is C15H22N2O2S. The molecule has 4 nitrogen and oxygen atoms in total. The summed E-state index contributed by atoms with van der Waals surface area (Å²) < 4.78 is 0. The summed E-state index contributed by atoms with van der Waals surface area (Å²) in [4.78, 5) is 24.6. The van der Waals surface area contributed by atoms with Crippen LogP contribution < -0.4 is 10.6 Å². The van der Waals surface area contributed by atoms with Crippen LogP contribution in [0.3, 0.4) is 0 Å². The second-order valence-electron chi connectivity index (χ2n) is 5.49. The van der Waals surface area contributed by atoms with Crippen LogP contribution in [0.1, 0.15) is 56.9 Å². The highest BCUT2D eigenvalue weighted by Gasteiger charge is 2.35. The third-order valence-corrected chi connectivity index (χ3v) is 5.15. The SMILES string of the molecule is CC[C@]1(CCC(=O)N[C@H](C)c2cccs2)CCC(=O)N1. The Morgan fingerprint density at radius 3 is 2.95 bits per heavy atom. The van der Waals surface area contributed by atoms with Gasteiger partial charge in [-0.05, 0) is 37.6 Å². The maximum Gasteiger partial charge on any atom is 0.220 e. The van der Waals surface area contributed by atoms with Crippen LogP contribution in [0, 0.1) is 0 Å². The minimum atomic E-state index is -0.166. The van der Waals surface area contributed by atoms with Crippen LogP contribution in [0.2, 0.25) is 0 Å². The molecule has 2 atom stereocenters. The highest BCUT2D eigenvalue weighted by Crippen LogP contribution is 2.28. The van der Waals surface area contributed by atoms with E-state index in [2.05, 4.69) is 17.6 Å². The molecule has 5 heteroatoms. The molecule has 20 heavy (non-hydrogen) atoms. The van der Waals surface area contributed by atoms with E-state index in [4.69, 9.17) is 0 Å². The van der Waals surface area contributed by atoms with Crippen LogP contribution in [-0.2, 0) is 9.59 Å². The molecule has 2 N–H and O–H groups in total. The van der Waals surface area contributed by atoms with Crippen LogP contribution in [0.25, 0.3) is 0 Å². The Hall–Kier alpha value is -1.36. The Morgan fingerprint density at radius 2 is 2.40 bits per heavy atom. The van der Waals surface area contributed by atoms with Gasteiger partial charge in [0.05, 0.1) is 6.04 Å². The maximum absolute atomic E-state index is 12.0. The average Bonchev–Trinajstić information content (AvgIpc) is 3.06. The molecule has 1 aromatic rings. The van der Waals surface area contributed by atoms with Gasteiger partial charge in [0.1, 0.15) is 0 Å². The van der Waals surface area contributed by atoms with E-state index in [1.54, 1.807) is 11.3 Å². The van der Waals surface area contributed by atoms with E-state index in [9.17, 15) is 9.59 Å². The largest absolute Gasteiger partial charge is 0.351 e. The lowest BCUT2D eigenvalue weighted by molar-refractivity contribution is -0.123. The second-order valence-corrected chi connectivity index (χ2v) is 6.47. The highest BCUT2D eigenvalue weighted by molar-refractivity contribution is 7.10. The predicted molar refractivity (Wildman–Crippen MR) is 80.5 cm³/mol. The summed E-state index contributed by atoms with van der Waals surface area (Å²) in [5.41, 5.74) is -0.166. The maximum atomic E-state index is 12.0. The van der Waals surface area contributed by atoms with Gasteiger partial charge < -0.3 is 10.6 Å². The average molecular weight is 294 g/mol. The van der Waals surface area contributed by atoms with Crippen molar-refractivity contribution in [1.82, 2.24) is 10.6 Å². The number of thiophene rings is 1. The van der Waals surface area contributed by atoms with Gasteiger partial charge in [0.2, 0.25) is 11.8 Å². The van der Waals surface area contributed by atoms with Crippen molar-refractivity contribution in [1.29, 1.82) is 0 Å². The van der Waals surface area contributed by atoms with Crippen molar-refractivity contribution < 1.29 is 9.59 Å². The van der Waals surface area contributed by atoms with Crippen LogP contribution >= 0.6 is 11.3 Å². The van der Waals surface area contributed by atoms with Crippen molar-refractivity contribution in [3.63, 3.8) is 0 Å². The smallest absolute Gasteiger partial charge is 0.220 e. The third kappa shape index (κ3) is 3.60. The van der Waals surface area contributed by atoms with Crippen LogP contribution in [0.5, 0.6) is 0 Å². The molecule has 0 spiro atoms. The van der Waals surface area contributed by atoms with Gasteiger partial charge in [-0.1, -0.05) is 13.0 Å². The molecule has 0 aliphatic carbocycles. The Kier molecular flexibility index (Phi) is 4.81. The first-order valence-corrected chi connectivity index (χ1v) is 8.06. The van der Waals surface area contributed by atoms with Crippen LogP contribution in [0.15, 0.2) is 17.5 Å². The van der Waals surface area contributed by atoms with Gasteiger partial charge >= 0.3 is 0 Å². The minimum Gasteiger partial charge on any atom is -0.351 e. The zero-order valence-electron chi connectivity index (χ0n) is 12.1. The van der Waals surface area contributed by atoms with Crippen molar-refractivity contribution in [3.05, 3.63) is 22.4 Å². The summed E-state index contributed by atoms with van der Waals surface area (Å²) >= 11 is 1.65. The third-order valence-electron chi connectivity index (χ3n) is 4.09. The number of rotatable bonds is 6. The Bertz CT molecular complexity index is 472. The Morgan fingerprint density at radius 1 is 1.60 bits per heavy atom. The van der Waals surface area contributed by atoms with Gasteiger partial charge in [0, 0.05) is 23.3 Å². The topological polar surface area (TPSA) is 58.2 Å². The zero-order valence-corrected chi connectivity index (χ0v) is 12.9. The lowest BCUT2D eigenvalue weighted by atomic mass is 9.89. The molecule has 2 heterocycles. The van der Waals surface area contributed by atoms with E-state index in [0.717, 1.165) is 24.1 Å². The lowest BCUT2D eigenvalue weighted by Crippen LogP contribution is -2.42. The number of carbonyl (C=O) groups is 2.